The van der Waals surface area contributed by atoms with Crippen LogP contribution < -0.4 is 0 Å². The summed E-state index contributed by atoms with van der Waals surface area (Å²) in [7, 11) is 0. The number of amides is 2. The molecule has 0 aromatic rings. The summed E-state index contributed by atoms with van der Waals surface area (Å²) in [5.74, 6) is -1.10. The van der Waals surface area contributed by atoms with Crippen molar-refractivity contribution in [1.29, 1.82) is 0 Å². The van der Waals surface area contributed by atoms with Gasteiger partial charge < -0.3 is 19.5 Å². The SMILES string of the molecule is CC(C)(C)OC(=O)N1CC2CC=C(C(=O)O)C(C1)N2C(=O)OC(C)(C)C. The van der Waals surface area contributed by atoms with Crippen molar-refractivity contribution in [3.8, 4) is 0 Å². The fourth-order valence-corrected chi connectivity index (χ4v) is 3.10. The van der Waals surface area contributed by atoms with Crippen LogP contribution in [-0.4, -0.2) is 69.4 Å². The molecule has 0 aromatic heterocycles. The highest BCUT2D eigenvalue weighted by Gasteiger charge is 2.46. The quantitative estimate of drug-likeness (QED) is 0.764. The standard InChI is InChI=1S/C18H28N2O6/c1-17(2,3)25-15(23)19-9-11-7-8-12(14(21)22)13(10-19)20(11)16(24)26-18(4,5)6/h8,11,13H,7,9-10H2,1-6H3,(H,21,22). The van der Waals surface area contributed by atoms with Crippen LogP contribution in [0.15, 0.2) is 11.6 Å². The van der Waals surface area contributed by atoms with Gasteiger partial charge in [-0.2, -0.15) is 0 Å². The summed E-state index contributed by atoms with van der Waals surface area (Å²) < 4.78 is 10.8. The first-order valence-electron chi connectivity index (χ1n) is 8.71. The van der Waals surface area contributed by atoms with Crippen LogP contribution in [0.5, 0.6) is 0 Å². The third kappa shape index (κ3) is 4.68. The van der Waals surface area contributed by atoms with Crippen LogP contribution in [0.1, 0.15) is 48.0 Å². The zero-order chi connectivity index (χ0) is 19.9. The molecule has 8 heteroatoms. The van der Waals surface area contributed by atoms with Crippen molar-refractivity contribution in [2.45, 2.75) is 71.2 Å². The van der Waals surface area contributed by atoms with Gasteiger partial charge in [0, 0.05) is 13.1 Å². The van der Waals surface area contributed by atoms with Crippen LogP contribution in [0, 0.1) is 0 Å². The van der Waals surface area contributed by atoms with E-state index in [-0.39, 0.29) is 24.7 Å². The number of hydrogen-bond donors (Lipinski definition) is 1. The van der Waals surface area contributed by atoms with E-state index in [1.54, 1.807) is 47.6 Å². The number of carbonyl (C=O) groups is 3. The van der Waals surface area contributed by atoms with Crippen molar-refractivity contribution in [3.05, 3.63) is 11.6 Å². The van der Waals surface area contributed by atoms with Crippen molar-refractivity contribution in [2.24, 2.45) is 0 Å². The third-order valence-corrected chi connectivity index (χ3v) is 4.03. The predicted molar refractivity (Wildman–Crippen MR) is 93.8 cm³/mol. The van der Waals surface area contributed by atoms with E-state index in [2.05, 4.69) is 0 Å². The molecule has 1 saturated heterocycles. The van der Waals surface area contributed by atoms with E-state index >= 15 is 0 Å². The van der Waals surface area contributed by atoms with Gasteiger partial charge in [-0.25, -0.2) is 14.4 Å². The lowest BCUT2D eigenvalue weighted by molar-refractivity contribution is -0.134. The molecule has 2 heterocycles. The first kappa shape index (κ1) is 20.1. The minimum Gasteiger partial charge on any atom is -0.478 e. The van der Waals surface area contributed by atoms with Gasteiger partial charge >= 0.3 is 18.2 Å². The number of nitrogens with zero attached hydrogens (tertiary/aromatic N) is 2. The summed E-state index contributed by atoms with van der Waals surface area (Å²) >= 11 is 0. The number of carbonyl (C=O) groups excluding carboxylic acids is 2. The maximum atomic E-state index is 12.6. The van der Waals surface area contributed by atoms with E-state index in [1.165, 1.54) is 9.80 Å². The van der Waals surface area contributed by atoms with Crippen LogP contribution in [-0.2, 0) is 14.3 Å². The largest absolute Gasteiger partial charge is 0.478 e. The molecule has 2 aliphatic heterocycles. The molecule has 2 bridgehead atoms. The molecule has 1 fully saturated rings. The van der Waals surface area contributed by atoms with Gasteiger partial charge in [-0.3, -0.25) is 4.90 Å². The van der Waals surface area contributed by atoms with Gasteiger partial charge in [0.2, 0.25) is 0 Å². The molecule has 2 amide bonds. The summed E-state index contributed by atoms with van der Waals surface area (Å²) in [6.07, 6.45) is 0.896. The Morgan fingerprint density at radius 1 is 1.00 bits per heavy atom. The number of carboxylic acid groups (broad SMARTS) is 1. The molecule has 146 valence electrons. The average Bonchev–Trinajstić information content (AvgIpc) is 2.41. The highest BCUT2D eigenvalue weighted by atomic mass is 16.6. The lowest BCUT2D eigenvalue weighted by Crippen LogP contribution is -2.65. The summed E-state index contributed by atoms with van der Waals surface area (Å²) in [5, 5.41) is 9.51. The molecule has 8 nitrogen and oxygen atoms in total. The van der Waals surface area contributed by atoms with Gasteiger partial charge in [0.15, 0.2) is 0 Å². The fraction of sp³-hybridized carbons (Fsp3) is 0.722. The predicted octanol–water partition coefficient (Wildman–Crippen LogP) is 2.63. The van der Waals surface area contributed by atoms with Crippen LogP contribution in [0.2, 0.25) is 0 Å². The van der Waals surface area contributed by atoms with Crippen LogP contribution in [0.4, 0.5) is 9.59 Å². The summed E-state index contributed by atoms with van der Waals surface area (Å²) in [5.41, 5.74) is -1.25. The van der Waals surface area contributed by atoms with Crippen molar-refractivity contribution in [2.75, 3.05) is 13.1 Å². The molecule has 0 aromatic carbocycles. The van der Waals surface area contributed by atoms with Gasteiger partial charge in [0.25, 0.3) is 0 Å². The number of carboxylic acids is 1. The first-order chi connectivity index (χ1) is 11.8. The molecule has 2 unspecified atom stereocenters. The van der Waals surface area contributed by atoms with E-state index < -0.39 is 35.4 Å². The number of rotatable bonds is 1. The Kier molecular flexibility index (Phi) is 5.26. The van der Waals surface area contributed by atoms with Crippen LogP contribution >= 0.6 is 0 Å². The molecule has 26 heavy (non-hydrogen) atoms. The number of hydrogen-bond acceptors (Lipinski definition) is 5. The van der Waals surface area contributed by atoms with E-state index in [0.29, 0.717) is 6.42 Å². The molecular formula is C18H28N2O6. The summed E-state index contributed by atoms with van der Waals surface area (Å²) in [4.78, 5) is 39.6. The smallest absolute Gasteiger partial charge is 0.411 e. The summed E-state index contributed by atoms with van der Waals surface area (Å²) in [6.45, 7) is 10.9. The number of aliphatic carboxylic acids is 1. The molecule has 2 rings (SSSR count). The number of piperazine rings is 1. The Balaban J connectivity index is 2.27. The van der Waals surface area contributed by atoms with Crippen molar-refractivity contribution < 1.29 is 29.0 Å². The van der Waals surface area contributed by atoms with Gasteiger partial charge in [-0.05, 0) is 48.0 Å². The van der Waals surface area contributed by atoms with Crippen LogP contribution in [0.25, 0.3) is 0 Å². The molecule has 0 radical (unpaired) electrons. The first-order valence-corrected chi connectivity index (χ1v) is 8.71. The Morgan fingerprint density at radius 3 is 2.04 bits per heavy atom. The molecule has 0 spiro atoms. The maximum absolute atomic E-state index is 12.6. The van der Waals surface area contributed by atoms with Gasteiger partial charge in [-0.15, -0.1) is 0 Å². The number of fused-ring (bicyclic) bond motifs is 2. The molecule has 0 saturated carbocycles. The Hall–Kier alpha value is -2.25. The van der Waals surface area contributed by atoms with Gasteiger partial charge in [0.05, 0.1) is 17.7 Å². The Morgan fingerprint density at radius 2 is 1.54 bits per heavy atom. The van der Waals surface area contributed by atoms with Crippen molar-refractivity contribution in [1.82, 2.24) is 9.80 Å². The molecule has 2 atom stereocenters. The minimum absolute atomic E-state index is 0.0583. The van der Waals surface area contributed by atoms with Gasteiger partial charge in [-0.1, -0.05) is 6.08 Å². The van der Waals surface area contributed by atoms with E-state index in [1.807, 2.05) is 0 Å². The van der Waals surface area contributed by atoms with E-state index in [9.17, 15) is 19.5 Å². The summed E-state index contributed by atoms with van der Waals surface area (Å²) in [6, 6.07) is -1.11. The maximum Gasteiger partial charge on any atom is 0.411 e. The van der Waals surface area contributed by atoms with Gasteiger partial charge in [0.1, 0.15) is 11.2 Å². The zero-order valence-corrected chi connectivity index (χ0v) is 16.2. The Labute approximate surface area is 153 Å². The monoisotopic (exact) mass is 368 g/mol. The third-order valence-electron chi connectivity index (χ3n) is 4.03. The van der Waals surface area contributed by atoms with E-state index in [0.717, 1.165) is 0 Å². The van der Waals surface area contributed by atoms with Crippen molar-refractivity contribution in [3.63, 3.8) is 0 Å². The second kappa shape index (κ2) is 6.81. The lowest BCUT2D eigenvalue weighted by Gasteiger charge is -2.48. The molecule has 1 N–H and O–H groups in total. The topological polar surface area (TPSA) is 96.4 Å². The van der Waals surface area contributed by atoms with Crippen molar-refractivity contribution >= 4 is 18.2 Å². The lowest BCUT2D eigenvalue weighted by atomic mass is 9.91. The minimum atomic E-state index is -1.10. The number of ether oxygens (including phenoxy) is 2. The molecular weight excluding hydrogens is 340 g/mol. The molecule has 2 aliphatic rings. The fourth-order valence-electron chi connectivity index (χ4n) is 3.10. The Bertz CT molecular complexity index is 629. The second-order valence-corrected chi connectivity index (χ2v) is 8.64. The van der Waals surface area contributed by atoms with Crippen LogP contribution in [0.3, 0.4) is 0 Å². The highest BCUT2D eigenvalue weighted by Crippen LogP contribution is 2.31. The van der Waals surface area contributed by atoms with E-state index in [4.69, 9.17) is 9.47 Å². The normalized spacial score (nSPS) is 23.2. The highest BCUT2D eigenvalue weighted by molar-refractivity contribution is 5.90. The zero-order valence-electron chi connectivity index (χ0n) is 16.2. The molecule has 0 aliphatic carbocycles. The second-order valence-electron chi connectivity index (χ2n) is 8.64. The average molecular weight is 368 g/mol.